The molecule has 23 heavy (non-hydrogen) atoms. The standard InChI is InChI=1S/C13H10N4O5S/c1-8-5-6-9(17(18)19)7-11(8)16-23(20,21)12-4-2-3-10-13(12)15-22-14-10/h2-7,16H,1H3. The molecule has 0 aliphatic rings. The minimum atomic E-state index is -4.01. The third-order valence-corrected chi connectivity index (χ3v) is 4.61. The zero-order valence-electron chi connectivity index (χ0n) is 11.8. The van der Waals surface area contributed by atoms with Gasteiger partial charge in [0.15, 0.2) is 5.52 Å². The molecule has 0 radical (unpaired) electrons. The number of non-ortho nitro benzene ring substituents is 1. The van der Waals surface area contributed by atoms with Crippen molar-refractivity contribution in [3.05, 3.63) is 52.1 Å². The first-order valence-corrected chi connectivity index (χ1v) is 7.86. The lowest BCUT2D eigenvalue weighted by molar-refractivity contribution is -0.384. The fourth-order valence-electron chi connectivity index (χ4n) is 2.03. The lowest BCUT2D eigenvalue weighted by Crippen LogP contribution is -2.14. The van der Waals surface area contributed by atoms with Crippen LogP contribution in [-0.4, -0.2) is 23.7 Å². The van der Waals surface area contributed by atoms with Gasteiger partial charge in [0.05, 0.1) is 10.6 Å². The van der Waals surface area contributed by atoms with E-state index in [0.717, 1.165) is 6.07 Å². The maximum absolute atomic E-state index is 12.6. The summed E-state index contributed by atoms with van der Waals surface area (Å²) in [5.41, 5.74) is 0.832. The largest absolute Gasteiger partial charge is 0.279 e. The summed E-state index contributed by atoms with van der Waals surface area (Å²) in [6.07, 6.45) is 0. The molecule has 0 bridgehead atoms. The van der Waals surface area contributed by atoms with Crippen molar-refractivity contribution in [1.82, 2.24) is 10.3 Å². The Kier molecular flexibility index (Phi) is 3.45. The van der Waals surface area contributed by atoms with E-state index in [1.807, 2.05) is 0 Å². The smallest absolute Gasteiger partial charge is 0.271 e. The lowest BCUT2D eigenvalue weighted by Gasteiger charge is -2.10. The molecule has 10 heteroatoms. The van der Waals surface area contributed by atoms with Gasteiger partial charge in [-0.2, -0.15) is 0 Å². The normalized spacial score (nSPS) is 11.5. The van der Waals surface area contributed by atoms with Gasteiger partial charge in [0.25, 0.3) is 15.7 Å². The van der Waals surface area contributed by atoms with Crippen LogP contribution in [0.1, 0.15) is 5.56 Å². The lowest BCUT2D eigenvalue weighted by atomic mass is 10.2. The summed E-state index contributed by atoms with van der Waals surface area (Å²) >= 11 is 0. The molecule has 1 aromatic heterocycles. The highest BCUT2D eigenvalue weighted by atomic mass is 32.2. The SMILES string of the molecule is Cc1ccc([N+](=O)[O-])cc1NS(=O)(=O)c1cccc2nonc12. The van der Waals surface area contributed by atoms with Gasteiger partial charge in [-0.1, -0.05) is 12.1 Å². The number of nitro groups is 1. The Morgan fingerprint density at radius 2 is 2.00 bits per heavy atom. The Labute approximate surface area is 130 Å². The summed E-state index contributed by atoms with van der Waals surface area (Å²) in [6, 6.07) is 8.34. The maximum Gasteiger partial charge on any atom is 0.271 e. The number of nitro benzene ring substituents is 1. The van der Waals surface area contributed by atoms with E-state index < -0.39 is 14.9 Å². The molecular weight excluding hydrogens is 324 g/mol. The molecule has 0 saturated carbocycles. The van der Waals surface area contributed by atoms with Crippen LogP contribution in [0.15, 0.2) is 45.9 Å². The predicted octanol–water partition coefficient (Wildman–Crippen LogP) is 2.24. The number of aryl methyl sites for hydroxylation is 1. The van der Waals surface area contributed by atoms with Crippen molar-refractivity contribution in [2.24, 2.45) is 0 Å². The zero-order valence-corrected chi connectivity index (χ0v) is 12.6. The van der Waals surface area contributed by atoms with Gasteiger partial charge in [-0.15, -0.1) is 0 Å². The van der Waals surface area contributed by atoms with E-state index >= 15 is 0 Å². The van der Waals surface area contributed by atoms with Crippen LogP contribution in [0.2, 0.25) is 0 Å². The van der Waals surface area contributed by atoms with Crippen LogP contribution < -0.4 is 4.72 Å². The molecule has 0 aliphatic heterocycles. The molecule has 9 nitrogen and oxygen atoms in total. The summed E-state index contributed by atoms with van der Waals surface area (Å²) < 4.78 is 32.0. The van der Waals surface area contributed by atoms with Gasteiger partial charge in [-0.3, -0.25) is 14.8 Å². The van der Waals surface area contributed by atoms with Gasteiger partial charge >= 0.3 is 0 Å². The molecule has 1 N–H and O–H groups in total. The number of aromatic nitrogens is 2. The van der Waals surface area contributed by atoms with E-state index in [2.05, 4.69) is 19.7 Å². The highest BCUT2D eigenvalue weighted by Crippen LogP contribution is 2.26. The van der Waals surface area contributed by atoms with Crippen molar-refractivity contribution in [2.75, 3.05) is 4.72 Å². The third kappa shape index (κ3) is 2.71. The summed E-state index contributed by atoms with van der Waals surface area (Å²) in [4.78, 5) is 10.1. The van der Waals surface area contributed by atoms with Crippen LogP contribution in [0.4, 0.5) is 11.4 Å². The van der Waals surface area contributed by atoms with Crippen molar-refractivity contribution >= 4 is 32.4 Å². The minimum absolute atomic E-state index is 0.0862. The van der Waals surface area contributed by atoms with Gasteiger partial charge in [-0.25, -0.2) is 13.0 Å². The molecule has 0 saturated heterocycles. The van der Waals surface area contributed by atoms with Crippen molar-refractivity contribution in [3.63, 3.8) is 0 Å². The zero-order chi connectivity index (χ0) is 16.6. The van der Waals surface area contributed by atoms with Crippen molar-refractivity contribution in [1.29, 1.82) is 0 Å². The Hall–Kier alpha value is -3.01. The van der Waals surface area contributed by atoms with Crippen LogP contribution in [0.5, 0.6) is 0 Å². The molecule has 0 unspecified atom stereocenters. The number of fused-ring (bicyclic) bond motifs is 1. The van der Waals surface area contributed by atoms with E-state index in [9.17, 15) is 18.5 Å². The van der Waals surface area contributed by atoms with E-state index in [-0.39, 0.29) is 21.8 Å². The molecule has 0 aliphatic carbocycles. The monoisotopic (exact) mass is 334 g/mol. The Morgan fingerprint density at radius 3 is 2.74 bits per heavy atom. The van der Waals surface area contributed by atoms with E-state index in [0.29, 0.717) is 11.1 Å². The number of hydrogen-bond donors (Lipinski definition) is 1. The average Bonchev–Trinajstić information content (AvgIpc) is 2.97. The number of anilines is 1. The summed E-state index contributed by atoms with van der Waals surface area (Å²) in [7, 11) is -4.01. The number of rotatable bonds is 4. The first-order chi connectivity index (χ1) is 10.9. The van der Waals surface area contributed by atoms with E-state index in [4.69, 9.17) is 0 Å². The fourth-order valence-corrected chi connectivity index (χ4v) is 3.30. The summed E-state index contributed by atoms with van der Waals surface area (Å²) in [5.74, 6) is 0. The number of nitrogens with zero attached hydrogens (tertiary/aromatic N) is 3. The quantitative estimate of drug-likeness (QED) is 0.572. The van der Waals surface area contributed by atoms with Crippen LogP contribution in [-0.2, 0) is 10.0 Å². The van der Waals surface area contributed by atoms with Crippen LogP contribution in [0.3, 0.4) is 0 Å². The molecule has 0 amide bonds. The number of benzene rings is 2. The average molecular weight is 334 g/mol. The third-order valence-electron chi connectivity index (χ3n) is 3.21. The van der Waals surface area contributed by atoms with Gasteiger partial charge in [0, 0.05) is 12.1 Å². The van der Waals surface area contributed by atoms with Crippen molar-refractivity contribution in [3.8, 4) is 0 Å². The molecule has 0 fully saturated rings. The van der Waals surface area contributed by atoms with Crippen LogP contribution >= 0.6 is 0 Å². The first kappa shape index (κ1) is 14.9. The van der Waals surface area contributed by atoms with Crippen LogP contribution in [0.25, 0.3) is 11.0 Å². The Bertz CT molecular complexity index is 1010. The highest BCUT2D eigenvalue weighted by Gasteiger charge is 2.22. The second-order valence-corrected chi connectivity index (χ2v) is 6.40. The van der Waals surface area contributed by atoms with Crippen molar-refractivity contribution < 1.29 is 18.0 Å². The first-order valence-electron chi connectivity index (χ1n) is 6.37. The van der Waals surface area contributed by atoms with Gasteiger partial charge in [0.1, 0.15) is 10.4 Å². The number of hydrogen-bond acceptors (Lipinski definition) is 7. The van der Waals surface area contributed by atoms with E-state index in [1.54, 1.807) is 13.0 Å². The molecule has 2 aromatic carbocycles. The van der Waals surface area contributed by atoms with Gasteiger partial charge < -0.3 is 0 Å². The second-order valence-electron chi connectivity index (χ2n) is 4.75. The van der Waals surface area contributed by atoms with Gasteiger partial charge in [-0.05, 0) is 34.9 Å². The second kappa shape index (κ2) is 5.32. The number of sulfonamides is 1. The topological polar surface area (TPSA) is 128 Å². The molecule has 118 valence electrons. The van der Waals surface area contributed by atoms with E-state index in [1.165, 1.54) is 24.3 Å². The number of nitrogens with one attached hydrogen (secondary N) is 1. The Balaban J connectivity index is 2.07. The minimum Gasteiger partial charge on any atom is -0.279 e. The van der Waals surface area contributed by atoms with Gasteiger partial charge in [0.2, 0.25) is 0 Å². The molecular formula is C13H10N4O5S. The predicted molar refractivity (Wildman–Crippen MR) is 80.4 cm³/mol. The maximum atomic E-state index is 12.6. The summed E-state index contributed by atoms with van der Waals surface area (Å²) in [5, 5.41) is 18.0. The molecule has 1 heterocycles. The molecule has 3 aromatic rings. The van der Waals surface area contributed by atoms with Crippen LogP contribution in [0, 0.1) is 17.0 Å². The summed E-state index contributed by atoms with van der Waals surface area (Å²) in [6.45, 7) is 1.64. The highest BCUT2D eigenvalue weighted by molar-refractivity contribution is 7.93. The Morgan fingerprint density at radius 1 is 1.22 bits per heavy atom. The molecule has 0 spiro atoms. The molecule has 0 atom stereocenters. The molecule has 3 rings (SSSR count). The fraction of sp³-hybridized carbons (Fsp3) is 0.0769. The van der Waals surface area contributed by atoms with Crippen molar-refractivity contribution in [2.45, 2.75) is 11.8 Å².